The van der Waals surface area contributed by atoms with Gasteiger partial charge in [0.15, 0.2) is 0 Å². The van der Waals surface area contributed by atoms with Crippen LogP contribution in [0.5, 0.6) is 0 Å². The lowest BCUT2D eigenvalue weighted by molar-refractivity contribution is 0.812. The Labute approximate surface area is 84.0 Å². The van der Waals surface area contributed by atoms with E-state index in [1.165, 1.54) is 0 Å². The fraction of sp³-hybridized carbons (Fsp3) is 0.400. The number of aromatic nitrogens is 1. The second kappa shape index (κ2) is 5.07. The second-order valence-electron chi connectivity index (χ2n) is 2.91. The highest BCUT2D eigenvalue weighted by atomic mass is 15.2. The highest BCUT2D eigenvalue weighted by molar-refractivity contribution is 5.44. The van der Waals surface area contributed by atoms with Crippen molar-refractivity contribution in [3.63, 3.8) is 0 Å². The molecular weight excluding hydrogens is 176 g/mol. The summed E-state index contributed by atoms with van der Waals surface area (Å²) in [4.78, 5) is 6.22. The molecule has 1 aromatic rings. The first kappa shape index (κ1) is 10.3. The van der Waals surface area contributed by atoms with Crippen molar-refractivity contribution in [3.8, 4) is 6.07 Å². The summed E-state index contributed by atoms with van der Waals surface area (Å²) < 4.78 is 0. The van der Waals surface area contributed by atoms with Gasteiger partial charge in [-0.1, -0.05) is 6.07 Å². The predicted molar refractivity (Wildman–Crippen MR) is 56.8 cm³/mol. The molecule has 0 bridgehead atoms. The number of nitriles is 1. The number of hydrogen-bond donors (Lipinski definition) is 1. The van der Waals surface area contributed by atoms with Crippen molar-refractivity contribution in [2.45, 2.75) is 13.3 Å². The lowest BCUT2D eigenvalue weighted by Gasteiger charge is -2.20. The van der Waals surface area contributed by atoms with Crippen LogP contribution < -0.4 is 10.6 Å². The van der Waals surface area contributed by atoms with Gasteiger partial charge in [-0.25, -0.2) is 4.98 Å². The van der Waals surface area contributed by atoms with E-state index in [9.17, 15) is 0 Å². The van der Waals surface area contributed by atoms with Crippen LogP contribution in [0.3, 0.4) is 0 Å². The topological polar surface area (TPSA) is 65.9 Å². The van der Waals surface area contributed by atoms with Crippen LogP contribution in [0.25, 0.3) is 0 Å². The summed E-state index contributed by atoms with van der Waals surface area (Å²) in [5.74, 6) is 1.35. The molecule has 0 amide bonds. The van der Waals surface area contributed by atoms with Crippen molar-refractivity contribution in [1.29, 1.82) is 5.26 Å². The molecule has 0 saturated carbocycles. The van der Waals surface area contributed by atoms with Crippen molar-refractivity contribution in [2.75, 3.05) is 23.7 Å². The third-order valence-corrected chi connectivity index (χ3v) is 1.96. The lowest BCUT2D eigenvalue weighted by atomic mass is 10.3. The van der Waals surface area contributed by atoms with E-state index in [1.54, 1.807) is 6.07 Å². The van der Waals surface area contributed by atoms with E-state index in [0.29, 0.717) is 18.8 Å². The molecule has 14 heavy (non-hydrogen) atoms. The Morgan fingerprint density at radius 2 is 2.36 bits per heavy atom. The third-order valence-electron chi connectivity index (χ3n) is 1.96. The van der Waals surface area contributed by atoms with Gasteiger partial charge in [0.2, 0.25) is 0 Å². The number of nitrogens with zero attached hydrogens (tertiary/aromatic N) is 3. The zero-order valence-corrected chi connectivity index (χ0v) is 8.27. The molecule has 1 heterocycles. The van der Waals surface area contributed by atoms with Gasteiger partial charge in [-0.05, 0) is 19.1 Å². The predicted octanol–water partition coefficient (Wildman–Crippen LogP) is 1.40. The third kappa shape index (κ3) is 2.63. The first-order chi connectivity index (χ1) is 6.77. The van der Waals surface area contributed by atoms with Crippen molar-refractivity contribution in [1.82, 2.24) is 4.98 Å². The van der Waals surface area contributed by atoms with Crippen molar-refractivity contribution in [2.24, 2.45) is 0 Å². The Kier molecular flexibility index (Phi) is 3.74. The fourth-order valence-electron chi connectivity index (χ4n) is 1.24. The summed E-state index contributed by atoms with van der Waals surface area (Å²) >= 11 is 0. The van der Waals surface area contributed by atoms with Crippen molar-refractivity contribution >= 4 is 11.6 Å². The zero-order valence-electron chi connectivity index (χ0n) is 8.27. The molecule has 0 saturated heterocycles. The Hall–Kier alpha value is -1.76. The van der Waals surface area contributed by atoms with Crippen LogP contribution in [0.2, 0.25) is 0 Å². The molecule has 0 aromatic carbocycles. The summed E-state index contributed by atoms with van der Waals surface area (Å²) in [6, 6.07) is 7.64. The fourth-order valence-corrected chi connectivity index (χ4v) is 1.24. The van der Waals surface area contributed by atoms with Gasteiger partial charge >= 0.3 is 0 Å². The summed E-state index contributed by atoms with van der Waals surface area (Å²) in [6.45, 7) is 3.56. The quantitative estimate of drug-likeness (QED) is 0.779. The number of rotatable bonds is 4. The number of nitrogen functional groups attached to an aromatic ring is 1. The molecular formula is C10H14N4. The minimum Gasteiger partial charge on any atom is -0.384 e. The minimum absolute atomic E-state index is 0.504. The summed E-state index contributed by atoms with van der Waals surface area (Å²) in [7, 11) is 0. The molecule has 1 aromatic heterocycles. The van der Waals surface area contributed by atoms with Crippen LogP contribution in [0, 0.1) is 11.3 Å². The van der Waals surface area contributed by atoms with Gasteiger partial charge in [0, 0.05) is 13.1 Å². The first-order valence-electron chi connectivity index (χ1n) is 4.62. The highest BCUT2D eigenvalue weighted by Crippen LogP contribution is 2.12. The molecule has 2 N–H and O–H groups in total. The molecule has 0 atom stereocenters. The smallest absolute Gasteiger partial charge is 0.130 e. The number of nitrogens with two attached hydrogens (primary N) is 1. The standard InChI is InChI=1S/C10H14N4/c1-2-14(8-4-7-11)10-6-3-5-9(12)13-10/h3,5-6H,2,4,8H2,1H3,(H2,12,13). The van der Waals surface area contributed by atoms with E-state index in [4.69, 9.17) is 11.0 Å². The molecule has 0 aliphatic rings. The molecule has 0 radical (unpaired) electrons. The van der Waals surface area contributed by atoms with Crippen LogP contribution in [-0.4, -0.2) is 18.1 Å². The maximum absolute atomic E-state index is 8.49. The van der Waals surface area contributed by atoms with Gasteiger partial charge < -0.3 is 10.6 Å². The number of hydrogen-bond acceptors (Lipinski definition) is 4. The first-order valence-corrected chi connectivity index (χ1v) is 4.62. The van der Waals surface area contributed by atoms with E-state index in [0.717, 1.165) is 12.4 Å². The largest absolute Gasteiger partial charge is 0.384 e. The SMILES string of the molecule is CCN(CCC#N)c1cccc(N)n1. The van der Waals surface area contributed by atoms with Crippen LogP contribution in [-0.2, 0) is 0 Å². The van der Waals surface area contributed by atoms with Crippen LogP contribution in [0.15, 0.2) is 18.2 Å². The molecule has 4 nitrogen and oxygen atoms in total. The summed E-state index contributed by atoms with van der Waals surface area (Å²) in [5, 5.41) is 8.49. The van der Waals surface area contributed by atoms with E-state index in [2.05, 4.69) is 11.1 Å². The summed E-state index contributed by atoms with van der Waals surface area (Å²) in [6.07, 6.45) is 0.504. The Morgan fingerprint density at radius 1 is 1.57 bits per heavy atom. The molecule has 0 fully saturated rings. The molecule has 0 aliphatic carbocycles. The van der Waals surface area contributed by atoms with Gasteiger partial charge in [0.25, 0.3) is 0 Å². The molecule has 0 spiro atoms. The maximum atomic E-state index is 8.49. The Morgan fingerprint density at radius 3 is 2.93 bits per heavy atom. The highest BCUT2D eigenvalue weighted by Gasteiger charge is 2.04. The maximum Gasteiger partial charge on any atom is 0.130 e. The number of pyridine rings is 1. The number of anilines is 2. The van der Waals surface area contributed by atoms with Crippen LogP contribution in [0.4, 0.5) is 11.6 Å². The monoisotopic (exact) mass is 190 g/mol. The molecule has 1 rings (SSSR count). The molecule has 74 valence electrons. The van der Waals surface area contributed by atoms with E-state index >= 15 is 0 Å². The molecule has 0 aliphatic heterocycles. The minimum atomic E-state index is 0.504. The Bertz CT molecular complexity index is 329. The zero-order chi connectivity index (χ0) is 10.4. The van der Waals surface area contributed by atoms with Gasteiger partial charge in [0.05, 0.1) is 12.5 Å². The van der Waals surface area contributed by atoms with Gasteiger partial charge in [-0.2, -0.15) is 5.26 Å². The summed E-state index contributed by atoms with van der Waals surface area (Å²) in [5.41, 5.74) is 5.58. The van der Waals surface area contributed by atoms with Crippen molar-refractivity contribution < 1.29 is 0 Å². The van der Waals surface area contributed by atoms with E-state index < -0.39 is 0 Å². The van der Waals surface area contributed by atoms with Crippen molar-refractivity contribution in [3.05, 3.63) is 18.2 Å². The van der Waals surface area contributed by atoms with E-state index in [-0.39, 0.29) is 0 Å². The van der Waals surface area contributed by atoms with Gasteiger partial charge in [-0.15, -0.1) is 0 Å². The van der Waals surface area contributed by atoms with Gasteiger partial charge in [0.1, 0.15) is 11.6 Å². The lowest BCUT2D eigenvalue weighted by Crippen LogP contribution is -2.24. The molecule has 4 heteroatoms. The van der Waals surface area contributed by atoms with E-state index in [1.807, 2.05) is 24.0 Å². The normalized spacial score (nSPS) is 9.43. The van der Waals surface area contributed by atoms with Gasteiger partial charge in [-0.3, -0.25) is 0 Å². The average molecular weight is 190 g/mol. The molecule has 0 unspecified atom stereocenters. The second-order valence-corrected chi connectivity index (χ2v) is 2.91. The average Bonchev–Trinajstić information content (AvgIpc) is 2.19. The van der Waals surface area contributed by atoms with Crippen LogP contribution in [0.1, 0.15) is 13.3 Å². The van der Waals surface area contributed by atoms with Crippen LogP contribution >= 0.6 is 0 Å². The Balaban J connectivity index is 2.74.